The molecule has 1 unspecified atom stereocenters. The van der Waals surface area contributed by atoms with Gasteiger partial charge in [-0.2, -0.15) is 4.31 Å². The Balaban J connectivity index is 1.35. The fourth-order valence-electron chi connectivity index (χ4n) is 6.89. The number of sulfonamides is 1. The normalized spacial score (nSPS) is 19.7. The van der Waals surface area contributed by atoms with Crippen LogP contribution in [0.3, 0.4) is 0 Å². The number of ether oxygens (including phenoxy) is 7. The molecule has 2 aliphatic heterocycles. The van der Waals surface area contributed by atoms with E-state index in [1.165, 1.54) is 39.2 Å². The van der Waals surface area contributed by atoms with E-state index in [0.717, 1.165) is 9.87 Å². The molecule has 0 spiro atoms. The van der Waals surface area contributed by atoms with Crippen molar-refractivity contribution in [3.63, 3.8) is 0 Å². The summed E-state index contributed by atoms with van der Waals surface area (Å²) in [4.78, 5) is 37.4. The Hall–Kier alpha value is -4.59. The second-order valence-corrected chi connectivity index (χ2v) is 19.3. The van der Waals surface area contributed by atoms with Gasteiger partial charge in [0.15, 0.2) is 30.2 Å². The Morgan fingerprint density at radius 1 is 0.968 bits per heavy atom. The molecule has 3 aromatic carbocycles. The van der Waals surface area contributed by atoms with Crippen molar-refractivity contribution >= 4 is 35.7 Å². The summed E-state index contributed by atoms with van der Waals surface area (Å²) in [6.45, 7) is 8.00. The molecule has 2 aliphatic rings. The molecule has 20 heteroatoms. The van der Waals surface area contributed by atoms with Crippen molar-refractivity contribution in [1.29, 1.82) is 0 Å². The number of methoxy groups -OCH3 is 1. The minimum absolute atomic E-state index is 0.000422. The van der Waals surface area contributed by atoms with Gasteiger partial charge in [-0.15, -0.1) is 0 Å². The van der Waals surface area contributed by atoms with Crippen LogP contribution >= 0.6 is 7.60 Å². The Morgan fingerprint density at radius 2 is 1.70 bits per heavy atom. The summed E-state index contributed by atoms with van der Waals surface area (Å²) in [7, 11) is -7.04. The monoisotopic (exact) mass is 920 g/mol. The molecule has 2 fully saturated rings. The number of nitrogens with one attached hydrogen (secondary N) is 1. The molecule has 0 aliphatic carbocycles. The number of aliphatic hydroxyl groups is 1. The van der Waals surface area contributed by atoms with Gasteiger partial charge in [0.05, 0.1) is 56.5 Å². The molecule has 3 aromatic rings. The molecule has 0 radical (unpaired) electrons. The summed E-state index contributed by atoms with van der Waals surface area (Å²) < 4.78 is 93.0. The number of fused-ring (bicyclic) bond motifs is 1. The summed E-state index contributed by atoms with van der Waals surface area (Å²) >= 11 is 0. The highest BCUT2D eigenvalue weighted by molar-refractivity contribution is 7.89. The van der Waals surface area contributed by atoms with E-state index >= 15 is 0 Å². The largest absolute Gasteiger partial charge is 0.493 e. The third kappa shape index (κ3) is 14.2. The lowest BCUT2D eigenvalue weighted by Gasteiger charge is -2.31. The van der Waals surface area contributed by atoms with Crippen LogP contribution in [0.4, 0.5) is 4.79 Å². The van der Waals surface area contributed by atoms with Crippen molar-refractivity contribution in [2.75, 3.05) is 46.4 Å². The number of carbonyl (C=O) groups excluding carboxylic acids is 3. The Bertz CT molecular complexity index is 2140. The van der Waals surface area contributed by atoms with Crippen LogP contribution in [0.5, 0.6) is 17.2 Å². The van der Waals surface area contributed by atoms with Crippen molar-refractivity contribution < 1.29 is 74.7 Å². The fraction of sp³-hybridized carbons (Fsp3) is 0.512. The summed E-state index contributed by atoms with van der Waals surface area (Å²) in [6, 6.07) is 18.2. The number of carbonyl (C=O) groups is 3. The predicted molar refractivity (Wildman–Crippen MR) is 227 cm³/mol. The second-order valence-electron chi connectivity index (χ2n) is 15.4. The first-order valence-corrected chi connectivity index (χ1v) is 23.8. The third-order valence-electron chi connectivity index (χ3n) is 9.97. The zero-order valence-electron chi connectivity index (χ0n) is 36.2. The highest BCUT2D eigenvalue weighted by atomic mass is 32.2. The minimum Gasteiger partial charge on any atom is -0.493 e. The predicted octanol–water partition coefficient (Wildman–Crippen LogP) is 5.44. The maximum atomic E-state index is 14.2. The first kappa shape index (κ1) is 49.4. The molecule has 63 heavy (non-hydrogen) atoms. The van der Waals surface area contributed by atoms with Crippen LogP contribution in [0.1, 0.15) is 52.2 Å². The molecule has 0 aromatic heterocycles. The van der Waals surface area contributed by atoms with Crippen LogP contribution in [-0.2, 0) is 65.2 Å². The van der Waals surface area contributed by atoms with Gasteiger partial charge < -0.3 is 48.1 Å². The number of rotatable bonds is 23. The Labute approximate surface area is 367 Å². The highest BCUT2D eigenvalue weighted by Gasteiger charge is 2.44. The van der Waals surface area contributed by atoms with Crippen LogP contribution in [0.15, 0.2) is 77.7 Å². The molecule has 2 saturated heterocycles. The number of alkyl carbamates (subject to hydrolysis) is 1. The highest BCUT2D eigenvalue weighted by Crippen LogP contribution is 2.50. The van der Waals surface area contributed by atoms with E-state index < -0.39 is 79.2 Å². The molecule has 2 heterocycles. The summed E-state index contributed by atoms with van der Waals surface area (Å²) in [5.41, 5.74) is 1.31. The van der Waals surface area contributed by atoms with E-state index in [1.54, 1.807) is 55.5 Å². The van der Waals surface area contributed by atoms with Crippen LogP contribution in [0, 0.1) is 11.8 Å². The maximum absolute atomic E-state index is 14.2. The number of hydrogen-bond donors (Lipinski definition) is 2. The van der Waals surface area contributed by atoms with Crippen LogP contribution in [0.25, 0.3) is 0 Å². The van der Waals surface area contributed by atoms with Gasteiger partial charge in [0.1, 0.15) is 11.9 Å². The van der Waals surface area contributed by atoms with Gasteiger partial charge in [0, 0.05) is 26.1 Å². The van der Waals surface area contributed by atoms with Crippen molar-refractivity contribution in [3.8, 4) is 17.2 Å². The molecule has 346 valence electrons. The van der Waals surface area contributed by atoms with Gasteiger partial charge in [-0.1, -0.05) is 56.3 Å². The molecule has 0 saturated carbocycles. The lowest BCUT2D eigenvalue weighted by atomic mass is 10.0. The van der Waals surface area contributed by atoms with Gasteiger partial charge >= 0.3 is 25.6 Å². The molecule has 18 nitrogen and oxygen atoms in total. The first-order valence-electron chi connectivity index (χ1n) is 20.6. The smallest absolute Gasteiger partial charge is 0.407 e. The van der Waals surface area contributed by atoms with E-state index in [4.69, 9.17) is 42.2 Å². The van der Waals surface area contributed by atoms with Gasteiger partial charge in [0.25, 0.3) is 0 Å². The van der Waals surface area contributed by atoms with Crippen molar-refractivity contribution in [1.82, 2.24) is 9.62 Å². The lowest BCUT2D eigenvalue weighted by Crippen LogP contribution is -2.51. The molecular formula is C43H57N2O16PS. The molecular weight excluding hydrogens is 864 g/mol. The molecule has 1 amide bonds. The number of benzene rings is 3. The number of hydrogen-bond acceptors (Lipinski definition) is 16. The standard InChI is InChI=1S/C43H57N2O16PS/c1-7-54-41(48)29(4)61-62(50,58-25-32-11-9-8-10-12-32)27-57-33-15-13-31(14-16-33)21-36(44-43(49)60-40-26-56-42-35(40)19-20-55-42)37(47)24-45(23-28(2)3)63(51,52)34-17-18-38(53-6)39(22-34)59-30(5)46/h8-18,22,28-29,35-37,40,42,47H,7,19-21,23-27H2,1-6H3,(H,44,49)/t29-,35+,36+,37-,40+,42-,62?/m1/s1. The quantitative estimate of drug-likeness (QED) is 0.0687. The van der Waals surface area contributed by atoms with Crippen LogP contribution < -0.4 is 19.5 Å². The topological polar surface area (TPSA) is 221 Å². The summed E-state index contributed by atoms with van der Waals surface area (Å²) in [5, 5.41) is 14.6. The number of esters is 2. The molecule has 5 rings (SSSR count). The van der Waals surface area contributed by atoms with Crippen molar-refractivity contribution in [2.45, 2.75) is 89.6 Å². The molecule has 2 N–H and O–H groups in total. The van der Waals surface area contributed by atoms with Gasteiger partial charge in [0.2, 0.25) is 10.0 Å². The zero-order chi connectivity index (χ0) is 45.7. The van der Waals surface area contributed by atoms with E-state index in [0.29, 0.717) is 18.6 Å². The molecule has 0 bridgehead atoms. The summed E-state index contributed by atoms with van der Waals surface area (Å²) in [5.74, 6) is -1.44. The van der Waals surface area contributed by atoms with E-state index in [-0.39, 0.29) is 66.8 Å². The average Bonchev–Trinajstić information content (AvgIpc) is 3.87. The van der Waals surface area contributed by atoms with Crippen LogP contribution in [0.2, 0.25) is 0 Å². The fourth-order valence-corrected chi connectivity index (χ4v) is 9.94. The Morgan fingerprint density at radius 3 is 2.37 bits per heavy atom. The minimum atomic E-state index is -4.33. The first-order chi connectivity index (χ1) is 30.0. The van der Waals surface area contributed by atoms with Crippen LogP contribution in [-0.4, -0.2) is 113 Å². The van der Waals surface area contributed by atoms with E-state index in [2.05, 4.69) is 5.32 Å². The van der Waals surface area contributed by atoms with E-state index in [9.17, 15) is 32.5 Å². The molecule has 7 atom stereocenters. The van der Waals surface area contributed by atoms with Gasteiger partial charge in [-0.3, -0.25) is 13.9 Å². The number of aliphatic hydroxyl groups excluding tert-OH is 1. The van der Waals surface area contributed by atoms with Gasteiger partial charge in [-0.05, 0) is 68.0 Å². The SMILES string of the molecule is CCOC(=O)[C@@H](C)OP(=O)(COc1ccc(C[C@H](NC(=O)O[C@H]2CO[C@H]3OCC[C@H]32)[C@H](O)CN(CC(C)C)S(=O)(=O)c2ccc(OC)c(OC(C)=O)c2)cc1)OCc1ccccc1. The van der Waals surface area contributed by atoms with Gasteiger partial charge in [-0.25, -0.2) is 18.0 Å². The average molecular weight is 921 g/mol. The Kier molecular flexibility index (Phi) is 17.9. The van der Waals surface area contributed by atoms with Crippen molar-refractivity contribution in [2.24, 2.45) is 11.8 Å². The van der Waals surface area contributed by atoms with Crippen molar-refractivity contribution in [3.05, 3.63) is 83.9 Å². The summed E-state index contributed by atoms with van der Waals surface area (Å²) in [6.07, 6.45) is -4.52. The zero-order valence-corrected chi connectivity index (χ0v) is 37.9. The number of amides is 1. The third-order valence-corrected chi connectivity index (χ3v) is 13.4. The number of nitrogens with zero attached hydrogens (tertiary/aromatic N) is 1. The maximum Gasteiger partial charge on any atom is 0.407 e. The lowest BCUT2D eigenvalue weighted by molar-refractivity contribution is -0.151. The van der Waals surface area contributed by atoms with E-state index in [1.807, 2.05) is 19.9 Å². The second kappa shape index (κ2) is 22.9.